The molecule has 14 heavy (non-hydrogen) atoms. The number of aromatic nitrogens is 1. The lowest BCUT2D eigenvalue weighted by atomic mass is 10.1. The maximum atomic E-state index is 5.70. The Hall–Kier alpha value is -0.760. The lowest BCUT2D eigenvalue weighted by Gasteiger charge is -2.07. The van der Waals surface area contributed by atoms with Crippen molar-refractivity contribution in [2.75, 3.05) is 6.61 Å². The molecule has 0 saturated heterocycles. The van der Waals surface area contributed by atoms with E-state index in [1.165, 1.54) is 0 Å². The Morgan fingerprint density at radius 2 is 2.29 bits per heavy atom. The minimum absolute atomic E-state index is 0.503. The number of nitrogens with zero attached hydrogens (tertiary/aromatic N) is 1. The average molecular weight is 214 g/mol. The molecule has 0 spiro atoms. The van der Waals surface area contributed by atoms with Gasteiger partial charge in [-0.15, -0.1) is 11.6 Å². The number of halogens is 1. The molecule has 0 bridgehead atoms. The highest BCUT2D eigenvalue weighted by molar-refractivity contribution is 6.17. The van der Waals surface area contributed by atoms with E-state index in [-0.39, 0.29) is 0 Å². The lowest BCUT2D eigenvalue weighted by molar-refractivity contribution is 0.279. The van der Waals surface area contributed by atoms with Crippen molar-refractivity contribution in [3.63, 3.8) is 0 Å². The van der Waals surface area contributed by atoms with E-state index < -0.39 is 0 Å². The van der Waals surface area contributed by atoms with Gasteiger partial charge in [-0.2, -0.15) is 0 Å². The van der Waals surface area contributed by atoms with E-state index in [1.807, 2.05) is 12.1 Å². The van der Waals surface area contributed by atoms with Crippen LogP contribution in [0.1, 0.15) is 25.8 Å². The van der Waals surface area contributed by atoms with Gasteiger partial charge in [0.2, 0.25) is 5.88 Å². The number of hydrogen-bond acceptors (Lipinski definition) is 2. The Labute approximate surface area is 90.3 Å². The molecule has 0 unspecified atom stereocenters. The average Bonchev–Trinajstić information content (AvgIpc) is 2.18. The van der Waals surface area contributed by atoms with Crippen LogP contribution in [0.3, 0.4) is 0 Å². The van der Waals surface area contributed by atoms with Gasteiger partial charge in [0.05, 0.1) is 6.61 Å². The SMILES string of the molecule is CC(C)CCOc1cc(CCl)ccn1. The van der Waals surface area contributed by atoms with Gasteiger partial charge in [-0.1, -0.05) is 13.8 Å². The lowest BCUT2D eigenvalue weighted by Crippen LogP contribution is -2.02. The fourth-order valence-electron chi connectivity index (χ4n) is 1.01. The van der Waals surface area contributed by atoms with Gasteiger partial charge in [-0.25, -0.2) is 4.98 Å². The van der Waals surface area contributed by atoms with Crippen LogP contribution in [0.4, 0.5) is 0 Å². The second kappa shape index (κ2) is 5.86. The highest BCUT2D eigenvalue weighted by Crippen LogP contribution is 2.12. The van der Waals surface area contributed by atoms with Crippen LogP contribution < -0.4 is 4.74 Å². The molecule has 78 valence electrons. The highest BCUT2D eigenvalue weighted by atomic mass is 35.5. The zero-order chi connectivity index (χ0) is 10.4. The van der Waals surface area contributed by atoms with Gasteiger partial charge in [0, 0.05) is 18.1 Å². The number of pyridine rings is 1. The Kier molecular flexibility index (Phi) is 4.74. The number of hydrogen-bond donors (Lipinski definition) is 0. The summed E-state index contributed by atoms with van der Waals surface area (Å²) >= 11 is 5.70. The van der Waals surface area contributed by atoms with Gasteiger partial charge >= 0.3 is 0 Å². The van der Waals surface area contributed by atoms with Crippen molar-refractivity contribution >= 4 is 11.6 Å². The molecule has 1 rings (SSSR count). The van der Waals surface area contributed by atoms with Crippen LogP contribution in [0.15, 0.2) is 18.3 Å². The molecule has 1 aromatic rings. The van der Waals surface area contributed by atoms with Crippen molar-refractivity contribution in [3.05, 3.63) is 23.9 Å². The summed E-state index contributed by atoms with van der Waals surface area (Å²) in [6, 6.07) is 3.77. The predicted molar refractivity (Wildman–Crippen MR) is 58.7 cm³/mol. The van der Waals surface area contributed by atoms with Gasteiger partial charge in [0.15, 0.2) is 0 Å². The van der Waals surface area contributed by atoms with Crippen molar-refractivity contribution in [2.45, 2.75) is 26.1 Å². The van der Waals surface area contributed by atoms with E-state index in [1.54, 1.807) is 6.20 Å². The Morgan fingerprint density at radius 3 is 2.93 bits per heavy atom. The molecule has 0 aliphatic carbocycles. The van der Waals surface area contributed by atoms with Crippen molar-refractivity contribution < 1.29 is 4.74 Å². The maximum absolute atomic E-state index is 5.70. The Balaban J connectivity index is 2.42. The van der Waals surface area contributed by atoms with Crippen molar-refractivity contribution in [2.24, 2.45) is 5.92 Å². The first kappa shape index (κ1) is 11.3. The number of rotatable bonds is 5. The molecule has 0 radical (unpaired) electrons. The fraction of sp³-hybridized carbons (Fsp3) is 0.545. The minimum atomic E-state index is 0.503. The van der Waals surface area contributed by atoms with Crippen LogP contribution in [0, 0.1) is 5.92 Å². The normalized spacial score (nSPS) is 10.6. The van der Waals surface area contributed by atoms with E-state index in [4.69, 9.17) is 16.3 Å². The zero-order valence-electron chi connectivity index (χ0n) is 8.66. The third-order valence-corrected chi connectivity index (χ3v) is 2.21. The second-order valence-corrected chi connectivity index (χ2v) is 3.93. The fourth-order valence-corrected chi connectivity index (χ4v) is 1.18. The van der Waals surface area contributed by atoms with Crippen molar-refractivity contribution in [1.29, 1.82) is 0 Å². The summed E-state index contributed by atoms with van der Waals surface area (Å²) in [5.41, 5.74) is 1.04. The first-order valence-corrected chi connectivity index (χ1v) is 5.39. The van der Waals surface area contributed by atoms with Gasteiger partial charge < -0.3 is 4.74 Å². The Bertz CT molecular complexity index is 276. The highest BCUT2D eigenvalue weighted by Gasteiger charge is 1.98. The van der Waals surface area contributed by atoms with Crippen molar-refractivity contribution in [3.8, 4) is 5.88 Å². The van der Waals surface area contributed by atoms with Gasteiger partial charge in [0.25, 0.3) is 0 Å². The summed E-state index contributed by atoms with van der Waals surface area (Å²) in [4.78, 5) is 4.10. The summed E-state index contributed by atoms with van der Waals surface area (Å²) in [7, 11) is 0. The zero-order valence-corrected chi connectivity index (χ0v) is 9.42. The third-order valence-electron chi connectivity index (χ3n) is 1.90. The summed E-state index contributed by atoms with van der Waals surface area (Å²) < 4.78 is 5.49. The molecule has 0 atom stereocenters. The van der Waals surface area contributed by atoms with E-state index in [9.17, 15) is 0 Å². The van der Waals surface area contributed by atoms with E-state index >= 15 is 0 Å². The number of ether oxygens (including phenoxy) is 1. The molecule has 2 nitrogen and oxygen atoms in total. The molecule has 0 aromatic carbocycles. The van der Waals surface area contributed by atoms with E-state index in [2.05, 4.69) is 18.8 Å². The van der Waals surface area contributed by atoms with Gasteiger partial charge in [0.1, 0.15) is 0 Å². The van der Waals surface area contributed by atoms with Crippen LogP contribution in [0.5, 0.6) is 5.88 Å². The van der Waals surface area contributed by atoms with Crippen LogP contribution >= 0.6 is 11.6 Å². The molecule has 0 amide bonds. The second-order valence-electron chi connectivity index (χ2n) is 3.67. The molecule has 0 aliphatic rings. The van der Waals surface area contributed by atoms with Gasteiger partial charge in [-0.05, 0) is 24.0 Å². The van der Waals surface area contributed by atoms with Crippen LogP contribution in [-0.2, 0) is 5.88 Å². The Morgan fingerprint density at radius 1 is 1.50 bits per heavy atom. The largest absolute Gasteiger partial charge is 0.478 e. The third kappa shape index (κ3) is 3.97. The van der Waals surface area contributed by atoms with Crippen LogP contribution in [-0.4, -0.2) is 11.6 Å². The molecular weight excluding hydrogens is 198 g/mol. The first-order chi connectivity index (χ1) is 6.72. The summed E-state index contributed by atoms with van der Waals surface area (Å²) in [5, 5.41) is 0. The monoisotopic (exact) mass is 213 g/mol. The standard InChI is InChI=1S/C11H16ClNO/c1-9(2)4-6-14-11-7-10(8-12)3-5-13-11/h3,5,7,9H,4,6,8H2,1-2H3. The van der Waals surface area contributed by atoms with Crippen LogP contribution in [0.2, 0.25) is 0 Å². The quantitative estimate of drug-likeness (QED) is 0.701. The molecule has 1 aromatic heterocycles. The van der Waals surface area contributed by atoms with Gasteiger partial charge in [-0.3, -0.25) is 0 Å². The van der Waals surface area contributed by atoms with E-state index in [0.29, 0.717) is 17.7 Å². The molecule has 0 N–H and O–H groups in total. The minimum Gasteiger partial charge on any atom is -0.478 e. The van der Waals surface area contributed by atoms with Crippen molar-refractivity contribution in [1.82, 2.24) is 4.98 Å². The predicted octanol–water partition coefficient (Wildman–Crippen LogP) is 3.25. The van der Waals surface area contributed by atoms with Crippen LogP contribution in [0.25, 0.3) is 0 Å². The molecule has 0 saturated carbocycles. The molecular formula is C11H16ClNO. The molecule has 0 aliphatic heterocycles. The topological polar surface area (TPSA) is 22.1 Å². The molecule has 1 heterocycles. The summed E-state index contributed by atoms with van der Waals surface area (Å²) in [6.45, 7) is 5.06. The summed E-state index contributed by atoms with van der Waals surface area (Å²) in [5.74, 6) is 1.83. The number of alkyl halides is 1. The smallest absolute Gasteiger partial charge is 0.213 e. The van der Waals surface area contributed by atoms with E-state index in [0.717, 1.165) is 18.6 Å². The first-order valence-electron chi connectivity index (χ1n) is 4.86. The molecule has 3 heteroatoms. The maximum Gasteiger partial charge on any atom is 0.213 e. The summed E-state index contributed by atoms with van der Waals surface area (Å²) in [6.07, 6.45) is 2.77. The molecule has 0 fully saturated rings.